The molecule has 0 saturated carbocycles. The smallest absolute Gasteiger partial charge is 0.223 e. The zero-order valence-corrected chi connectivity index (χ0v) is 17.6. The van der Waals surface area contributed by atoms with Gasteiger partial charge in [-0.2, -0.15) is 4.52 Å². The third-order valence-electron chi connectivity index (χ3n) is 5.35. The average molecular weight is 454 g/mol. The van der Waals surface area contributed by atoms with Gasteiger partial charge in [0.25, 0.3) is 0 Å². The van der Waals surface area contributed by atoms with Gasteiger partial charge in [0, 0.05) is 42.1 Å². The standard InChI is InChI=1S/C20H20BrN7O/c1-29-16-4-2-3-13-18(16)25-20(22)28-19(13)24-17(26-28)7-10-27-9-6-12-14(21)5-8-23-15(12)11-27/h2-5,8H,6-7,9-11H2,1H3,(H2,22,25). The number of methoxy groups -OCH3 is 1. The SMILES string of the molecule is COc1cccc2c1nc(N)n1nc(CCN3CCc4c(Br)ccnc4C3)nc21. The van der Waals surface area contributed by atoms with E-state index in [0.29, 0.717) is 22.9 Å². The summed E-state index contributed by atoms with van der Waals surface area (Å²) in [5.41, 5.74) is 9.99. The predicted molar refractivity (Wildman–Crippen MR) is 114 cm³/mol. The molecule has 148 valence electrons. The van der Waals surface area contributed by atoms with E-state index in [2.05, 4.69) is 35.9 Å². The van der Waals surface area contributed by atoms with E-state index in [9.17, 15) is 0 Å². The Balaban J connectivity index is 1.40. The summed E-state index contributed by atoms with van der Waals surface area (Å²) in [7, 11) is 1.62. The number of benzene rings is 1. The Kier molecular flexibility index (Phi) is 4.56. The number of hydrogen-bond donors (Lipinski definition) is 1. The second-order valence-corrected chi connectivity index (χ2v) is 7.94. The summed E-state index contributed by atoms with van der Waals surface area (Å²) in [6, 6.07) is 7.75. The molecule has 0 amide bonds. The molecule has 1 aliphatic heterocycles. The maximum atomic E-state index is 6.14. The molecule has 9 heteroatoms. The van der Waals surface area contributed by atoms with Crippen LogP contribution < -0.4 is 10.5 Å². The van der Waals surface area contributed by atoms with Crippen molar-refractivity contribution in [1.82, 2.24) is 29.5 Å². The topological polar surface area (TPSA) is 94.5 Å². The Hall–Kier alpha value is -2.78. The second kappa shape index (κ2) is 7.23. The molecule has 2 N–H and O–H groups in total. The number of nitrogen functional groups attached to an aromatic ring is 1. The molecular weight excluding hydrogens is 434 g/mol. The van der Waals surface area contributed by atoms with Crippen LogP contribution in [-0.2, 0) is 19.4 Å². The largest absolute Gasteiger partial charge is 0.494 e. The molecule has 5 rings (SSSR count). The lowest BCUT2D eigenvalue weighted by atomic mass is 10.1. The Morgan fingerprint density at radius 3 is 3.00 bits per heavy atom. The van der Waals surface area contributed by atoms with Crippen LogP contribution in [0.3, 0.4) is 0 Å². The van der Waals surface area contributed by atoms with Gasteiger partial charge in [0.15, 0.2) is 11.5 Å². The van der Waals surface area contributed by atoms with Crippen molar-refractivity contribution in [1.29, 1.82) is 0 Å². The summed E-state index contributed by atoms with van der Waals surface area (Å²) in [6.07, 6.45) is 3.57. The van der Waals surface area contributed by atoms with Crippen LogP contribution in [0.5, 0.6) is 5.75 Å². The Bertz CT molecular complexity index is 1220. The summed E-state index contributed by atoms with van der Waals surface area (Å²) >= 11 is 3.63. The summed E-state index contributed by atoms with van der Waals surface area (Å²) < 4.78 is 8.17. The summed E-state index contributed by atoms with van der Waals surface area (Å²) in [5.74, 6) is 1.73. The first-order valence-electron chi connectivity index (χ1n) is 9.46. The maximum absolute atomic E-state index is 6.14. The highest BCUT2D eigenvalue weighted by Crippen LogP contribution is 2.28. The minimum atomic E-state index is 0.303. The highest BCUT2D eigenvalue weighted by Gasteiger charge is 2.20. The highest BCUT2D eigenvalue weighted by atomic mass is 79.9. The molecule has 0 atom stereocenters. The number of hydrogen-bond acceptors (Lipinski definition) is 7. The predicted octanol–water partition coefficient (Wildman–Crippen LogP) is 2.63. The molecule has 3 aromatic heterocycles. The quantitative estimate of drug-likeness (QED) is 0.507. The van der Waals surface area contributed by atoms with Crippen molar-refractivity contribution in [2.45, 2.75) is 19.4 Å². The summed E-state index contributed by atoms with van der Waals surface area (Å²) in [5, 5.41) is 5.46. The van der Waals surface area contributed by atoms with Gasteiger partial charge in [-0.05, 0) is 30.2 Å². The number of nitrogens with two attached hydrogens (primary N) is 1. The van der Waals surface area contributed by atoms with Crippen molar-refractivity contribution >= 4 is 38.4 Å². The number of para-hydroxylation sites is 1. The van der Waals surface area contributed by atoms with E-state index >= 15 is 0 Å². The van der Waals surface area contributed by atoms with E-state index in [1.165, 1.54) is 5.56 Å². The fourth-order valence-electron chi connectivity index (χ4n) is 3.86. The van der Waals surface area contributed by atoms with Crippen LogP contribution in [0.25, 0.3) is 16.6 Å². The molecule has 4 heterocycles. The lowest BCUT2D eigenvalue weighted by Gasteiger charge is -2.28. The van der Waals surface area contributed by atoms with Gasteiger partial charge in [-0.25, -0.2) is 9.97 Å². The number of nitrogens with zero attached hydrogens (tertiary/aromatic N) is 6. The normalized spacial score (nSPS) is 14.4. The van der Waals surface area contributed by atoms with E-state index in [4.69, 9.17) is 15.5 Å². The van der Waals surface area contributed by atoms with E-state index in [1.807, 2.05) is 30.5 Å². The average Bonchev–Trinajstić information content (AvgIpc) is 3.17. The van der Waals surface area contributed by atoms with Crippen LogP contribution in [0.4, 0.5) is 5.95 Å². The summed E-state index contributed by atoms with van der Waals surface area (Å²) in [4.78, 5) is 16.1. The Labute approximate surface area is 175 Å². The van der Waals surface area contributed by atoms with Crippen molar-refractivity contribution in [3.63, 3.8) is 0 Å². The van der Waals surface area contributed by atoms with E-state index in [-0.39, 0.29) is 0 Å². The number of halogens is 1. The van der Waals surface area contributed by atoms with E-state index < -0.39 is 0 Å². The van der Waals surface area contributed by atoms with E-state index in [1.54, 1.807) is 11.6 Å². The third-order valence-corrected chi connectivity index (χ3v) is 6.09. The molecular formula is C20H20BrN7O. The molecule has 0 radical (unpaired) electrons. The minimum absolute atomic E-state index is 0.303. The van der Waals surface area contributed by atoms with E-state index in [0.717, 1.165) is 53.9 Å². The monoisotopic (exact) mass is 453 g/mol. The van der Waals surface area contributed by atoms with Gasteiger partial charge in [-0.3, -0.25) is 9.88 Å². The van der Waals surface area contributed by atoms with Crippen molar-refractivity contribution in [3.05, 3.63) is 52.0 Å². The lowest BCUT2D eigenvalue weighted by molar-refractivity contribution is 0.251. The van der Waals surface area contributed by atoms with Crippen molar-refractivity contribution in [2.24, 2.45) is 0 Å². The molecule has 0 unspecified atom stereocenters. The molecule has 0 saturated heterocycles. The zero-order chi connectivity index (χ0) is 20.0. The number of rotatable bonds is 4. The number of ether oxygens (including phenoxy) is 1. The third kappa shape index (κ3) is 3.20. The lowest BCUT2D eigenvalue weighted by Crippen LogP contribution is -2.33. The van der Waals surface area contributed by atoms with Crippen molar-refractivity contribution in [2.75, 3.05) is 25.9 Å². The number of aromatic nitrogens is 5. The highest BCUT2D eigenvalue weighted by molar-refractivity contribution is 9.10. The molecule has 0 fully saturated rings. The molecule has 0 spiro atoms. The van der Waals surface area contributed by atoms with Crippen LogP contribution in [0, 0.1) is 0 Å². The van der Waals surface area contributed by atoms with Gasteiger partial charge in [0.2, 0.25) is 5.95 Å². The Morgan fingerprint density at radius 2 is 2.14 bits per heavy atom. The first-order chi connectivity index (χ1) is 14.1. The van der Waals surface area contributed by atoms with Gasteiger partial charge >= 0.3 is 0 Å². The molecule has 1 aliphatic rings. The molecule has 1 aromatic carbocycles. The Morgan fingerprint density at radius 1 is 1.24 bits per heavy atom. The van der Waals surface area contributed by atoms with Crippen molar-refractivity contribution < 1.29 is 4.74 Å². The zero-order valence-electron chi connectivity index (χ0n) is 16.0. The first kappa shape index (κ1) is 18.3. The summed E-state index contributed by atoms with van der Waals surface area (Å²) in [6.45, 7) is 2.69. The van der Waals surface area contributed by atoms with Gasteiger partial charge in [-0.1, -0.05) is 22.0 Å². The van der Waals surface area contributed by atoms with Crippen molar-refractivity contribution in [3.8, 4) is 5.75 Å². The van der Waals surface area contributed by atoms with Gasteiger partial charge in [0.1, 0.15) is 11.3 Å². The van der Waals surface area contributed by atoms with Gasteiger partial charge in [-0.15, -0.1) is 5.10 Å². The van der Waals surface area contributed by atoms with Gasteiger partial charge in [0.05, 0.1) is 12.8 Å². The number of fused-ring (bicyclic) bond motifs is 4. The first-order valence-corrected chi connectivity index (χ1v) is 10.3. The van der Waals surface area contributed by atoms with Crippen LogP contribution in [0.15, 0.2) is 34.9 Å². The molecule has 4 aromatic rings. The molecule has 8 nitrogen and oxygen atoms in total. The van der Waals surface area contributed by atoms with Crippen LogP contribution in [0.1, 0.15) is 17.1 Å². The van der Waals surface area contributed by atoms with Crippen LogP contribution in [-0.4, -0.2) is 49.7 Å². The molecule has 0 aliphatic carbocycles. The second-order valence-electron chi connectivity index (χ2n) is 7.08. The molecule has 0 bridgehead atoms. The van der Waals surface area contributed by atoms with Gasteiger partial charge < -0.3 is 10.5 Å². The maximum Gasteiger partial charge on any atom is 0.223 e. The number of pyridine rings is 1. The minimum Gasteiger partial charge on any atom is -0.494 e. The molecule has 29 heavy (non-hydrogen) atoms. The fraction of sp³-hybridized carbons (Fsp3) is 0.300. The fourth-order valence-corrected chi connectivity index (χ4v) is 4.40. The number of anilines is 1. The van der Waals surface area contributed by atoms with Crippen LogP contribution >= 0.6 is 15.9 Å². The van der Waals surface area contributed by atoms with Crippen LogP contribution in [0.2, 0.25) is 0 Å².